The average molecular weight is 272 g/mol. The van der Waals surface area contributed by atoms with Crippen molar-refractivity contribution in [2.75, 3.05) is 26.3 Å². The van der Waals surface area contributed by atoms with E-state index in [0.717, 1.165) is 6.42 Å². The van der Waals surface area contributed by atoms with Crippen molar-refractivity contribution in [3.05, 3.63) is 0 Å². The summed E-state index contributed by atoms with van der Waals surface area (Å²) in [6.45, 7) is 12.4. The SMILES string of the molecule is CCC(C)(C)COCC(C)(C)CNC(=O)CNC=O. The first-order chi connectivity index (χ1) is 8.72. The Balaban J connectivity index is 3.91. The van der Waals surface area contributed by atoms with Gasteiger partial charge in [-0.25, -0.2) is 0 Å². The summed E-state index contributed by atoms with van der Waals surface area (Å²) < 4.78 is 5.74. The molecule has 0 fully saturated rings. The second kappa shape index (κ2) is 8.15. The molecule has 0 heterocycles. The third-order valence-corrected chi connectivity index (χ3v) is 3.05. The molecule has 0 radical (unpaired) electrons. The van der Waals surface area contributed by atoms with Crippen LogP contribution in [0.1, 0.15) is 41.0 Å². The number of rotatable bonds is 10. The number of carbonyl (C=O) groups is 2. The van der Waals surface area contributed by atoms with Gasteiger partial charge in [0.1, 0.15) is 0 Å². The van der Waals surface area contributed by atoms with E-state index in [9.17, 15) is 9.59 Å². The maximum atomic E-state index is 11.4. The maximum Gasteiger partial charge on any atom is 0.239 e. The Morgan fingerprint density at radius 1 is 1.16 bits per heavy atom. The van der Waals surface area contributed by atoms with Crippen LogP contribution in [-0.4, -0.2) is 38.6 Å². The number of hydrogen-bond acceptors (Lipinski definition) is 3. The standard InChI is InChI=1S/C14H28N2O3/c1-6-13(2,3)9-19-10-14(4,5)8-16-12(18)7-15-11-17/h11H,6-10H2,1-5H3,(H,15,17)(H,16,18). The Kier molecular flexibility index (Phi) is 7.68. The van der Waals surface area contributed by atoms with E-state index in [-0.39, 0.29) is 23.3 Å². The Hall–Kier alpha value is -1.10. The molecule has 112 valence electrons. The van der Waals surface area contributed by atoms with Gasteiger partial charge in [0.2, 0.25) is 12.3 Å². The number of ether oxygens (including phenoxy) is 1. The van der Waals surface area contributed by atoms with Crippen LogP contribution in [0.3, 0.4) is 0 Å². The van der Waals surface area contributed by atoms with Crippen molar-refractivity contribution in [2.45, 2.75) is 41.0 Å². The van der Waals surface area contributed by atoms with Gasteiger partial charge in [0.15, 0.2) is 0 Å². The van der Waals surface area contributed by atoms with Crippen LogP contribution in [0.25, 0.3) is 0 Å². The summed E-state index contributed by atoms with van der Waals surface area (Å²) in [4.78, 5) is 21.4. The van der Waals surface area contributed by atoms with Crippen molar-refractivity contribution >= 4 is 12.3 Å². The van der Waals surface area contributed by atoms with Gasteiger partial charge in [-0.1, -0.05) is 34.6 Å². The number of carbonyl (C=O) groups excluding carboxylic acids is 2. The lowest BCUT2D eigenvalue weighted by molar-refractivity contribution is -0.122. The molecule has 2 amide bonds. The fraction of sp³-hybridized carbons (Fsp3) is 0.857. The molecule has 2 N–H and O–H groups in total. The molecule has 0 spiro atoms. The zero-order chi connectivity index (χ0) is 14.9. The van der Waals surface area contributed by atoms with E-state index >= 15 is 0 Å². The Labute approximate surface area is 116 Å². The summed E-state index contributed by atoms with van der Waals surface area (Å²) in [5, 5.41) is 5.11. The number of hydrogen-bond donors (Lipinski definition) is 2. The van der Waals surface area contributed by atoms with Crippen molar-refractivity contribution in [1.29, 1.82) is 0 Å². The van der Waals surface area contributed by atoms with Crippen molar-refractivity contribution in [3.8, 4) is 0 Å². The molecule has 0 aromatic carbocycles. The van der Waals surface area contributed by atoms with Crippen LogP contribution in [0, 0.1) is 10.8 Å². The van der Waals surface area contributed by atoms with E-state index in [1.54, 1.807) is 0 Å². The molecule has 0 aromatic heterocycles. The molecule has 0 aliphatic rings. The van der Waals surface area contributed by atoms with Crippen molar-refractivity contribution in [3.63, 3.8) is 0 Å². The molecule has 0 saturated heterocycles. The van der Waals surface area contributed by atoms with Gasteiger partial charge < -0.3 is 15.4 Å². The highest BCUT2D eigenvalue weighted by Crippen LogP contribution is 2.22. The first-order valence-corrected chi connectivity index (χ1v) is 6.74. The van der Waals surface area contributed by atoms with Crippen LogP contribution in [0.4, 0.5) is 0 Å². The predicted molar refractivity (Wildman–Crippen MR) is 75.7 cm³/mol. The summed E-state index contributed by atoms with van der Waals surface area (Å²) in [5.74, 6) is -0.186. The highest BCUT2D eigenvalue weighted by molar-refractivity contribution is 5.79. The maximum absolute atomic E-state index is 11.4. The molecular formula is C14H28N2O3. The quantitative estimate of drug-likeness (QED) is 0.590. The molecule has 0 aliphatic heterocycles. The summed E-state index contributed by atoms with van der Waals surface area (Å²) in [5.41, 5.74) is 0.0634. The van der Waals surface area contributed by atoms with Gasteiger partial charge >= 0.3 is 0 Å². The first kappa shape index (κ1) is 17.9. The van der Waals surface area contributed by atoms with E-state index in [2.05, 4.69) is 31.4 Å². The minimum absolute atomic E-state index is 0.0172. The van der Waals surface area contributed by atoms with Crippen LogP contribution in [0.15, 0.2) is 0 Å². The Morgan fingerprint density at radius 3 is 2.26 bits per heavy atom. The average Bonchev–Trinajstić information content (AvgIpc) is 2.33. The lowest BCUT2D eigenvalue weighted by Crippen LogP contribution is -2.41. The minimum atomic E-state index is -0.186. The summed E-state index contributed by atoms with van der Waals surface area (Å²) in [6.07, 6.45) is 1.59. The summed E-state index contributed by atoms with van der Waals surface area (Å²) in [7, 11) is 0. The largest absolute Gasteiger partial charge is 0.380 e. The molecule has 0 bridgehead atoms. The van der Waals surface area contributed by atoms with E-state index in [4.69, 9.17) is 4.74 Å². The van der Waals surface area contributed by atoms with Crippen molar-refractivity contribution < 1.29 is 14.3 Å². The molecule has 0 atom stereocenters. The zero-order valence-electron chi connectivity index (χ0n) is 12.8. The molecule has 5 nitrogen and oxygen atoms in total. The molecule has 19 heavy (non-hydrogen) atoms. The van der Waals surface area contributed by atoms with E-state index in [1.807, 2.05) is 13.8 Å². The molecule has 0 aromatic rings. The minimum Gasteiger partial charge on any atom is -0.380 e. The van der Waals surface area contributed by atoms with Gasteiger partial charge in [0.25, 0.3) is 0 Å². The van der Waals surface area contributed by atoms with Crippen LogP contribution in [0.5, 0.6) is 0 Å². The molecule has 0 rings (SSSR count). The van der Waals surface area contributed by atoms with Gasteiger partial charge in [-0.15, -0.1) is 0 Å². The van der Waals surface area contributed by atoms with E-state index in [1.165, 1.54) is 0 Å². The van der Waals surface area contributed by atoms with E-state index in [0.29, 0.717) is 26.2 Å². The van der Waals surface area contributed by atoms with Gasteiger partial charge in [-0.2, -0.15) is 0 Å². The monoisotopic (exact) mass is 272 g/mol. The number of nitrogens with one attached hydrogen (secondary N) is 2. The van der Waals surface area contributed by atoms with Gasteiger partial charge in [-0.3, -0.25) is 9.59 Å². The van der Waals surface area contributed by atoms with Crippen LogP contribution < -0.4 is 10.6 Å². The first-order valence-electron chi connectivity index (χ1n) is 6.74. The van der Waals surface area contributed by atoms with Crippen molar-refractivity contribution in [1.82, 2.24) is 10.6 Å². The highest BCUT2D eigenvalue weighted by Gasteiger charge is 2.22. The van der Waals surface area contributed by atoms with Gasteiger partial charge in [-0.05, 0) is 11.8 Å². The normalized spacial score (nSPS) is 12.1. The second-order valence-electron chi connectivity index (χ2n) is 6.45. The van der Waals surface area contributed by atoms with Crippen LogP contribution in [-0.2, 0) is 14.3 Å². The van der Waals surface area contributed by atoms with Crippen LogP contribution >= 0.6 is 0 Å². The second-order valence-corrected chi connectivity index (χ2v) is 6.45. The van der Waals surface area contributed by atoms with Crippen molar-refractivity contribution in [2.24, 2.45) is 10.8 Å². The molecule has 0 unspecified atom stereocenters. The Bertz CT molecular complexity index is 288. The van der Waals surface area contributed by atoms with Gasteiger partial charge in [0.05, 0.1) is 19.8 Å². The lowest BCUT2D eigenvalue weighted by Gasteiger charge is -2.28. The summed E-state index contributed by atoms with van der Waals surface area (Å²) >= 11 is 0. The number of amides is 2. The topological polar surface area (TPSA) is 67.4 Å². The smallest absolute Gasteiger partial charge is 0.239 e. The molecule has 0 saturated carbocycles. The molecule has 0 aliphatic carbocycles. The van der Waals surface area contributed by atoms with E-state index < -0.39 is 0 Å². The Morgan fingerprint density at radius 2 is 1.74 bits per heavy atom. The molecule has 5 heteroatoms. The van der Waals surface area contributed by atoms with Crippen LogP contribution in [0.2, 0.25) is 0 Å². The third-order valence-electron chi connectivity index (χ3n) is 3.05. The fourth-order valence-corrected chi connectivity index (χ4v) is 1.29. The highest BCUT2D eigenvalue weighted by atomic mass is 16.5. The fourth-order valence-electron chi connectivity index (χ4n) is 1.29. The zero-order valence-corrected chi connectivity index (χ0v) is 12.8. The predicted octanol–water partition coefficient (Wildman–Crippen LogP) is 1.33. The molecular weight excluding hydrogens is 244 g/mol. The van der Waals surface area contributed by atoms with Gasteiger partial charge in [0, 0.05) is 12.0 Å². The third kappa shape index (κ3) is 9.47. The lowest BCUT2D eigenvalue weighted by atomic mass is 9.91. The summed E-state index contributed by atoms with van der Waals surface area (Å²) in [6, 6.07) is 0.